The van der Waals surface area contributed by atoms with Gasteiger partial charge in [0.1, 0.15) is 0 Å². The topological polar surface area (TPSA) is 58.2 Å². The van der Waals surface area contributed by atoms with Crippen molar-refractivity contribution in [3.05, 3.63) is 65.7 Å². The Morgan fingerprint density at radius 2 is 1.68 bits per heavy atom. The summed E-state index contributed by atoms with van der Waals surface area (Å²) >= 11 is 0.966. The van der Waals surface area contributed by atoms with E-state index in [1.807, 2.05) is 0 Å². The summed E-state index contributed by atoms with van der Waals surface area (Å²) in [6, 6.07) is 13.0. The van der Waals surface area contributed by atoms with E-state index in [9.17, 15) is 22.8 Å². The molecule has 0 fully saturated rings. The minimum atomic E-state index is -4.44. The molecule has 2 rings (SSSR count). The van der Waals surface area contributed by atoms with E-state index >= 15 is 0 Å². The number of carbonyl (C=O) groups excluding carboxylic acids is 2. The first-order valence-electron chi connectivity index (χ1n) is 7.26. The van der Waals surface area contributed by atoms with Crippen LogP contribution in [0.1, 0.15) is 22.8 Å². The molecular formula is C17H15F3N2O2S. The van der Waals surface area contributed by atoms with Crippen LogP contribution in [0.4, 0.5) is 13.2 Å². The van der Waals surface area contributed by atoms with Gasteiger partial charge in [-0.05, 0) is 37.3 Å². The maximum atomic E-state index is 12.7. The number of alkyl halides is 3. The van der Waals surface area contributed by atoms with Gasteiger partial charge in [0.15, 0.2) is 0 Å². The molecule has 2 aromatic carbocycles. The van der Waals surface area contributed by atoms with Crippen molar-refractivity contribution >= 4 is 23.6 Å². The highest BCUT2D eigenvalue weighted by Crippen LogP contribution is 2.32. The number of hydrogen-bond acceptors (Lipinski definition) is 3. The Bertz CT molecular complexity index is 751. The molecular weight excluding hydrogens is 353 g/mol. The van der Waals surface area contributed by atoms with Gasteiger partial charge in [-0.15, -0.1) is 11.8 Å². The Balaban J connectivity index is 1.91. The summed E-state index contributed by atoms with van der Waals surface area (Å²) < 4.78 is 38.1. The number of halogens is 3. The van der Waals surface area contributed by atoms with E-state index in [4.69, 9.17) is 0 Å². The number of carbonyl (C=O) groups is 2. The first-order chi connectivity index (χ1) is 11.8. The normalized spacial score (nSPS) is 12.3. The minimum absolute atomic E-state index is 0.312. The number of hydrogen-bond donors (Lipinski definition) is 2. The zero-order valence-electron chi connectivity index (χ0n) is 13.1. The fourth-order valence-electron chi connectivity index (χ4n) is 1.89. The van der Waals surface area contributed by atoms with Crippen LogP contribution >= 0.6 is 11.8 Å². The molecule has 1 atom stereocenters. The molecule has 0 aliphatic carbocycles. The maximum Gasteiger partial charge on any atom is 0.416 e. The molecule has 0 saturated heterocycles. The fraction of sp³-hybridized carbons (Fsp3) is 0.176. The second-order valence-electron chi connectivity index (χ2n) is 5.10. The van der Waals surface area contributed by atoms with E-state index in [1.54, 1.807) is 30.3 Å². The summed E-state index contributed by atoms with van der Waals surface area (Å²) in [6.07, 6.45) is -4.44. The molecule has 0 spiro atoms. The highest BCUT2D eigenvalue weighted by Gasteiger charge is 2.30. The number of hydrazine groups is 1. The predicted molar refractivity (Wildman–Crippen MR) is 88.8 cm³/mol. The Morgan fingerprint density at radius 1 is 1.00 bits per heavy atom. The summed E-state index contributed by atoms with van der Waals surface area (Å²) in [5, 5.41) is -0.695. The fourth-order valence-corrected chi connectivity index (χ4v) is 2.81. The molecule has 132 valence electrons. The lowest BCUT2D eigenvalue weighted by Gasteiger charge is -2.14. The van der Waals surface area contributed by atoms with E-state index in [1.165, 1.54) is 19.1 Å². The summed E-state index contributed by atoms with van der Waals surface area (Å²) in [7, 11) is 0. The Hall–Kier alpha value is -2.48. The van der Waals surface area contributed by atoms with Gasteiger partial charge in [-0.1, -0.05) is 24.3 Å². The molecule has 0 unspecified atom stereocenters. The van der Waals surface area contributed by atoms with Gasteiger partial charge in [0.25, 0.3) is 11.8 Å². The van der Waals surface area contributed by atoms with Crippen LogP contribution in [0, 0.1) is 0 Å². The largest absolute Gasteiger partial charge is 0.416 e. The van der Waals surface area contributed by atoms with Gasteiger partial charge in [0.2, 0.25) is 0 Å². The van der Waals surface area contributed by atoms with Crippen molar-refractivity contribution in [3.63, 3.8) is 0 Å². The lowest BCUT2D eigenvalue weighted by atomic mass is 10.2. The van der Waals surface area contributed by atoms with Gasteiger partial charge in [-0.3, -0.25) is 20.4 Å². The highest BCUT2D eigenvalue weighted by atomic mass is 32.2. The SMILES string of the molecule is C[C@@H](Sc1cccc(C(F)(F)F)c1)C(=O)NNC(=O)c1ccccc1. The Morgan fingerprint density at radius 3 is 2.32 bits per heavy atom. The van der Waals surface area contributed by atoms with Crippen LogP contribution in [-0.4, -0.2) is 17.1 Å². The van der Waals surface area contributed by atoms with Crippen LogP contribution in [0.15, 0.2) is 59.5 Å². The summed E-state index contributed by atoms with van der Waals surface area (Å²) in [5.41, 5.74) is 4.13. The van der Waals surface area contributed by atoms with E-state index in [0.717, 1.165) is 23.9 Å². The van der Waals surface area contributed by atoms with Gasteiger partial charge in [-0.25, -0.2) is 0 Å². The quantitative estimate of drug-likeness (QED) is 0.640. The molecule has 2 N–H and O–H groups in total. The summed E-state index contributed by atoms with van der Waals surface area (Å²) in [6.45, 7) is 1.54. The number of amides is 2. The van der Waals surface area contributed by atoms with Crippen molar-refractivity contribution in [2.45, 2.75) is 23.2 Å². The molecule has 0 heterocycles. The Labute approximate surface area is 146 Å². The van der Waals surface area contributed by atoms with Crippen molar-refractivity contribution < 1.29 is 22.8 Å². The van der Waals surface area contributed by atoms with Crippen molar-refractivity contribution in [1.82, 2.24) is 10.9 Å². The third-order valence-electron chi connectivity index (χ3n) is 3.18. The monoisotopic (exact) mass is 368 g/mol. The van der Waals surface area contributed by atoms with Gasteiger partial charge in [-0.2, -0.15) is 13.2 Å². The van der Waals surface area contributed by atoms with Crippen LogP contribution in [0.25, 0.3) is 0 Å². The summed E-state index contributed by atoms with van der Waals surface area (Å²) in [5.74, 6) is -1.00. The lowest BCUT2D eigenvalue weighted by molar-refractivity contribution is -0.137. The van der Waals surface area contributed by atoms with Crippen molar-refractivity contribution in [2.75, 3.05) is 0 Å². The smallest absolute Gasteiger partial charge is 0.272 e. The van der Waals surface area contributed by atoms with Crippen LogP contribution in [0.2, 0.25) is 0 Å². The first-order valence-corrected chi connectivity index (χ1v) is 8.14. The molecule has 0 aliphatic rings. The maximum absolute atomic E-state index is 12.7. The lowest BCUT2D eigenvalue weighted by Crippen LogP contribution is -2.44. The van der Waals surface area contributed by atoms with E-state index < -0.39 is 28.8 Å². The van der Waals surface area contributed by atoms with Crippen LogP contribution in [0.3, 0.4) is 0 Å². The number of nitrogens with one attached hydrogen (secondary N) is 2. The van der Waals surface area contributed by atoms with Crippen LogP contribution < -0.4 is 10.9 Å². The van der Waals surface area contributed by atoms with Gasteiger partial charge >= 0.3 is 6.18 Å². The standard InChI is InChI=1S/C17H15F3N2O2S/c1-11(25-14-9-5-8-13(10-14)17(18,19)20)15(23)21-22-16(24)12-6-3-2-4-7-12/h2-11H,1H3,(H,21,23)(H,22,24)/t11-/m1/s1. The van der Waals surface area contributed by atoms with Crippen LogP contribution in [-0.2, 0) is 11.0 Å². The van der Waals surface area contributed by atoms with E-state index in [2.05, 4.69) is 10.9 Å². The average molecular weight is 368 g/mol. The highest BCUT2D eigenvalue weighted by molar-refractivity contribution is 8.00. The molecule has 8 heteroatoms. The molecule has 0 saturated carbocycles. The zero-order valence-corrected chi connectivity index (χ0v) is 13.9. The third kappa shape index (κ3) is 5.53. The molecule has 4 nitrogen and oxygen atoms in total. The molecule has 0 aliphatic heterocycles. The Kier molecular flexibility index (Phi) is 6.08. The predicted octanol–water partition coefficient (Wildman–Crippen LogP) is 3.65. The van der Waals surface area contributed by atoms with Gasteiger partial charge in [0.05, 0.1) is 10.8 Å². The molecule has 0 aromatic heterocycles. The second-order valence-corrected chi connectivity index (χ2v) is 6.51. The van der Waals surface area contributed by atoms with Crippen molar-refractivity contribution in [3.8, 4) is 0 Å². The molecule has 25 heavy (non-hydrogen) atoms. The summed E-state index contributed by atoms with van der Waals surface area (Å²) in [4.78, 5) is 24.1. The van der Waals surface area contributed by atoms with Gasteiger partial charge in [0, 0.05) is 10.5 Å². The molecule has 2 amide bonds. The van der Waals surface area contributed by atoms with Crippen molar-refractivity contribution in [1.29, 1.82) is 0 Å². The van der Waals surface area contributed by atoms with E-state index in [0.29, 0.717) is 10.5 Å². The number of benzene rings is 2. The molecule has 0 bridgehead atoms. The molecule has 0 radical (unpaired) electrons. The first kappa shape index (κ1) is 18.9. The number of thioether (sulfide) groups is 1. The van der Waals surface area contributed by atoms with Crippen molar-refractivity contribution in [2.24, 2.45) is 0 Å². The average Bonchev–Trinajstić information content (AvgIpc) is 2.59. The third-order valence-corrected chi connectivity index (χ3v) is 4.27. The van der Waals surface area contributed by atoms with E-state index in [-0.39, 0.29) is 0 Å². The molecule has 2 aromatic rings. The second kappa shape index (κ2) is 8.06. The number of rotatable bonds is 4. The zero-order chi connectivity index (χ0) is 18.4. The van der Waals surface area contributed by atoms with Gasteiger partial charge < -0.3 is 0 Å². The van der Waals surface area contributed by atoms with Crippen LogP contribution in [0.5, 0.6) is 0 Å². The minimum Gasteiger partial charge on any atom is -0.272 e.